The molecule has 10 rings (SSSR count). The Morgan fingerprint density at radius 2 is 0.607 bits per heavy atom. The molecule has 0 atom stereocenters. The van der Waals surface area contributed by atoms with Gasteiger partial charge in [0.05, 0.1) is 103 Å². The summed E-state index contributed by atoms with van der Waals surface area (Å²) in [4.78, 5) is 11.8. The van der Waals surface area contributed by atoms with Gasteiger partial charge in [-0.3, -0.25) is 51.5 Å². The number of pyridine rings is 3. The first kappa shape index (κ1) is 143. The molecule has 10 aromatic rings. The predicted molar refractivity (Wildman–Crippen MR) is 612 cm³/mol. The Bertz CT molecular complexity index is 6420. The summed E-state index contributed by atoms with van der Waals surface area (Å²) in [5, 5.41) is -0.449. The number of nitrogens with one attached hydrogen (secondary N) is 5. The zero-order valence-electron chi connectivity index (χ0n) is 84.2. The number of sulfonamides is 8. The van der Waals surface area contributed by atoms with Gasteiger partial charge >= 0.3 is 6.18 Å². The summed E-state index contributed by atoms with van der Waals surface area (Å²) in [5.74, 6) is 3.30. The number of nitrogens with zero attached hydrogens (tertiary/aromatic N) is 6. The number of alkyl halides is 3. The van der Waals surface area contributed by atoms with Crippen molar-refractivity contribution in [2.24, 2.45) is 0 Å². The second kappa shape index (κ2) is 65.5. The Morgan fingerprint density at radius 3 is 0.924 bits per heavy atom. The zero-order chi connectivity index (χ0) is 105. The molecule has 0 amide bonds. The van der Waals surface area contributed by atoms with E-state index in [9.17, 15) is 80.5 Å². The van der Waals surface area contributed by atoms with E-state index in [-0.39, 0.29) is 91.6 Å². The Kier molecular flexibility index (Phi) is 64.7. The molecule has 0 saturated carbocycles. The molecule has 7 aromatic carbocycles. The van der Waals surface area contributed by atoms with Crippen LogP contribution in [0, 0.1) is 0 Å². The fourth-order valence-electron chi connectivity index (χ4n) is 11.8. The Balaban J connectivity index is -0.000000514. The lowest BCUT2D eigenvalue weighted by atomic mass is 10.0. The third-order valence-corrected chi connectivity index (χ3v) is 32.9. The smallest absolute Gasteiger partial charge is 0.283 e. The maximum Gasteiger partial charge on any atom is 0.416 e. The summed E-state index contributed by atoms with van der Waals surface area (Å²) in [6.45, 7) is 43.1. The van der Waals surface area contributed by atoms with E-state index in [0.29, 0.717) is 88.4 Å². The Morgan fingerprint density at radius 1 is 0.303 bits per heavy atom. The molecule has 0 fully saturated rings. The van der Waals surface area contributed by atoms with Crippen LogP contribution in [0.5, 0.6) is 0 Å². The molecule has 3 heterocycles. The van der Waals surface area contributed by atoms with Crippen LogP contribution in [-0.4, -0.2) is 138 Å². The molecule has 0 radical (unpaired) electrons. The number of hydrogen-bond donors (Lipinski definition) is 5. The average molecular weight is 2180 g/mol. The highest BCUT2D eigenvalue weighted by Gasteiger charge is 2.31. The summed E-state index contributed by atoms with van der Waals surface area (Å²) >= 11 is 0. The van der Waals surface area contributed by atoms with Crippen molar-refractivity contribution in [3.05, 3.63) is 287 Å². The number of halogens is 3. The highest BCUT2D eigenvalue weighted by atomic mass is 32.2. The fourth-order valence-corrected chi connectivity index (χ4v) is 19.0. The van der Waals surface area contributed by atoms with Crippen LogP contribution in [0.25, 0.3) is 0 Å². The van der Waals surface area contributed by atoms with Gasteiger partial charge in [0.1, 0.15) is 0 Å². The third-order valence-electron chi connectivity index (χ3n) is 20.7. The maximum absolute atomic E-state index is 12.5. The minimum atomic E-state index is -4.50. The van der Waals surface area contributed by atoms with Crippen LogP contribution in [0.3, 0.4) is 0 Å². The van der Waals surface area contributed by atoms with Crippen LogP contribution in [0.15, 0.2) is 236 Å². The van der Waals surface area contributed by atoms with Gasteiger partial charge in [0, 0.05) is 51.1 Å². The first-order valence-electron chi connectivity index (χ1n) is 45.3. The number of hydrogen-bond acceptors (Lipinski definition) is 19. The van der Waals surface area contributed by atoms with Crippen molar-refractivity contribution in [2.45, 2.75) is 287 Å². The van der Waals surface area contributed by atoms with E-state index in [2.05, 4.69) is 94.0 Å². The summed E-state index contributed by atoms with van der Waals surface area (Å²) in [6, 6.07) is 55.4. The summed E-state index contributed by atoms with van der Waals surface area (Å²) in [7, 11) is -21.7. The van der Waals surface area contributed by atoms with Crippen LogP contribution in [0.2, 0.25) is 0 Å². The average Bonchev–Trinajstić information content (AvgIpc) is 0.835. The van der Waals surface area contributed by atoms with Crippen LogP contribution >= 0.6 is 0 Å². The van der Waals surface area contributed by atoms with Gasteiger partial charge in [0.25, 0.3) is 10.0 Å². The SMILES string of the molecule is C.C.C.C.C.C.C.CC(C)c1cccc(N(C)S(C)(=O)=O)c1.CC(C)c1cccc(NS(=O)(=O)Cc2ccccc2)c1.CC(C)c1cccc(NS(=O)(=O)c2ccc(C(F)(F)F)cc2)c1.CC(C)c1cncc(NS(=O)(=O)C(C)C)c1.CCCS(=O)(=O)N(C)c1cccc(C(C)C)c1.CCCS(=O)(=O)Nc1cncc(C(C)C)c1.CCS(=O)(=O)N(C)c1cccc(C(C)C)c1.CCS(=O)(=O)Nc1cncc(C(C)C)c1. The highest BCUT2D eigenvalue weighted by molar-refractivity contribution is 7.94. The second-order valence-corrected chi connectivity index (χ2v) is 51.2. The molecular formula is C107H172F3N11O16S8. The van der Waals surface area contributed by atoms with Crippen LogP contribution < -0.4 is 36.5 Å². The molecule has 0 spiro atoms. The molecule has 0 unspecified atom stereocenters. The van der Waals surface area contributed by atoms with E-state index in [0.717, 1.165) is 85.7 Å². The molecule has 0 saturated heterocycles. The van der Waals surface area contributed by atoms with Crippen molar-refractivity contribution in [1.82, 2.24) is 15.0 Å². The topological polar surface area (TPSA) is 382 Å². The number of anilines is 8. The standard InChI is InChI=1S/C16H16F3NO2S.C16H19NO2S.C13H21NO2S.C12H19NO2S.2C11H18N2O2S.C11H17NO2S.C10H16N2O2S.7CH4/c1-11(2)12-4-3-5-14(10-12)20-23(21,22)15-8-6-13(7-9-15)16(17,18)19;1-13(2)15-9-6-10-16(11-15)17-20(18,19)12-14-7-4-3-5-8-14;1-5-9-17(15,16)14(4)13-8-6-7-12(10-13)11(2)3;1-5-16(14,15)13(4)12-8-6-7-11(9-12)10(2)3;1-8(2)10-5-11(7-12-6-10)13-16(14,15)9(3)4;1-4-5-16(14,15)13-11-6-10(9(2)3)7-12-8-11;1-9(2)10-6-5-7-11(8-10)12(3)15(4,13)14;1-4-15(13,14)12-10-5-9(8(2)3)6-11-7-10;;;;;;;/h3-11,20H,1-2H3;3-11,13,17H,12H2,1-2H3;6-8,10-11H,5,9H2,1-4H3;6-10H,5H2,1-4H3;5-9,13H,1-4H3;6-9,13H,4-5H2,1-3H3;5-9H,1-4H3;5-8,12H,4H2,1-3H3;7*1H4. The number of aromatic nitrogens is 3. The molecule has 38 heteroatoms. The van der Waals surface area contributed by atoms with Gasteiger partial charge in [-0.05, 0) is 241 Å². The molecule has 820 valence electrons. The first-order valence-corrected chi connectivity index (χ1v) is 58.4. The maximum atomic E-state index is 12.5. The largest absolute Gasteiger partial charge is 0.416 e. The minimum absolute atomic E-state index is 0. The van der Waals surface area contributed by atoms with Gasteiger partial charge in [-0.25, -0.2) is 67.3 Å². The Hall–Kier alpha value is -10.2. The lowest BCUT2D eigenvalue weighted by molar-refractivity contribution is -0.137. The molecule has 0 aliphatic rings. The van der Waals surface area contributed by atoms with E-state index in [1.165, 1.54) is 37.8 Å². The summed E-state index contributed by atoms with van der Waals surface area (Å²) in [5.41, 5.74) is 13.2. The zero-order valence-corrected chi connectivity index (χ0v) is 90.7. The van der Waals surface area contributed by atoms with E-state index >= 15 is 0 Å². The van der Waals surface area contributed by atoms with Crippen LogP contribution in [0.4, 0.5) is 58.7 Å². The van der Waals surface area contributed by atoms with Gasteiger partial charge in [-0.15, -0.1) is 0 Å². The molecule has 0 aliphatic carbocycles. The number of rotatable bonds is 34. The summed E-state index contributed by atoms with van der Waals surface area (Å²) in [6.07, 6.45) is 7.75. The van der Waals surface area contributed by atoms with Gasteiger partial charge in [-0.2, -0.15) is 13.2 Å². The lowest BCUT2D eigenvalue weighted by Crippen LogP contribution is -2.28. The second-order valence-electron chi connectivity index (χ2n) is 35.3. The molecule has 145 heavy (non-hydrogen) atoms. The van der Waals surface area contributed by atoms with Crippen molar-refractivity contribution in [1.29, 1.82) is 0 Å². The molecule has 0 bridgehead atoms. The normalized spacial score (nSPS) is 11.3. The Labute approximate surface area is 875 Å². The third kappa shape index (κ3) is 51.8. The van der Waals surface area contributed by atoms with Crippen molar-refractivity contribution in [3.8, 4) is 0 Å². The molecule has 0 aliphatic heterocycles. The van der Waals surface area contributed by atoms with Gasteiger partial charge in [0.15, 0.2) is 0 Å². The quantitative estimate of drug-likeness (QED) is 0.0250. The molecule has 27 nitrogen and oxygen atoms in total. The molecular weight excluding hydrogens is 2010 g/mol. The van der Waals surface area contributed by atoms with Gasteiger partial charge in [0.2, 0.25) is 70.2 Å². The van der Waals surface area contributed by atoms with Crippen molar-refractivity contribution < 1.29 is 80.5 Å². The predicted octanol–water partition coefficient (Wildman–Crippen LogP) is 27.3. The summed E-state index contributed by atoms with van der Waals surface area (Å²) < 4.78 is 242. The van der Waals surface area contributed by atoms with Crippen LogP contribution in [0.1, 0.15) is 320 Å². The van der Waals surface area contributed by atoms with E-state index < -0.39 is 97.2 Å². The fraction of sp³-hybridized carbons (Fsp3) is 0.467. The van der Waals surface area contributed by atoms with E-state index in [1.54, 1.807) is 97.8 Å². The van der Waals surface area contributed by atoms with Gasteiger partial charge < -0.3 is 0 Å². The molecule has 3 aromatic heterocycles. The van der Waals surface area contributed by atoms with Crippen molar-refractivity contribution >= 4 is 126 Å². The highest BCUT2D eigenvalue weighted by Crippen LogP contribution is 2.33. The van der Waals surface area contributed by atoms with E-state index in [4.69, 9.17) is 0 Å². The van der Waals surface area contributed by atoms with E-state index in [1.807, 2.05) is 209 Å². The molecule has 5 N–H and O–H groups in total. The number of benzene rings is 7. The monoisotopic (exact) mass is 2180 g/mol. The van der Waals surface area contributed by atoms with Gasteiger partial charge in [-0.1, -0.05) is 268 Å². The lowest BCUT2D eigenvalue weighted by Gasteiger charge is -2.20. The van der Waals surface area contributed by atoms with Crippen molar-refractivity contribution in [2.75, 3.05) is 86.9 Å². The van der Waals surface area contributed by atoms with Crippen molar-refractivity contribution in [3.63, 3.8) is 0 Å². The first-order chi connectivity index (χ1) is 63.8. The van der Waals surface area contributed by atoms with Crippen LogP contribution in [-0.2, 0) is 92.1 Å². The minimum Gasteiger partial charge on any atom is -0.283 e.